The van der Waals surface area contributed by atoms with Crippen molar-refractivity contribution in [2.75, 3.05) is 0 Å². The van der Waals surface area contributed by atoms with E-state index in [0.717, 1.165) is 11.1 Å². The molecular weight excluding hydrogens is 267 g/mol. The Hall–Kier alpha value is -2.25. The molecule has 0 aliphatic rings. The van der Waals surface area contributed by atoms with E-state index < -0.39 is 0 Å². The van der Waals surface area contributed by atoms with Gasteiger partial charge in [-0.05, 0) is 20.9 Å². The van der Waals surface area contributed by atoms with Gasteiger partial charge in [-0.1, -0.05) is 66.7 Å². The van der Waals surface area contributed by atoms with Crippen LogP contribution in [0.4, 0.5) is 4.79 Å². The van der Waals surface area contributed by atoms with E-state index >= 15 is 0 Å². The van der Waals surface area contributed by atoms with Crippen LogP contribution in [0.2, 0.25) is 0 Å². The first-order valence-corrected chi connectivity index (χ1v) is 6.75. The summed E-state index contributed by atoms with van der Waals surface area (Å²) in [6.07, 6.45) is 3.84. The summed E-state index contributed by atoms with van der Waals surface area (Å²) in [6.45, 7) is 0. The molecule has 1 unspecified atom stereocenters. The van der Waals surface area contributed by atoms with E-state index in [1.807, 2.05) is 82.1 Å². The van der Waals surface area contributed by atoms with E-state index in [1.54, 1.807) is 0 Å². The molecule has 2 aromatic rings. The number of nitrogens with zero attached hydrogens (tertiary/aromatic N) is 1. The standard InChI is InChI=1S/C16H15N2OP/c19-16(20)18-17-15(14-9-5-2-6-10-14)12-11-13-7-3-1-4-8-13/h1-12H,20H2,(H,18,19)/b12-11+,17-15-. The van der Waals surface area contributed by atoms with E-state index in [-0.39, 0.29) is 5.65 Å². The molecule has 0 aromatic heterocycles. The van der Waals surface area contributed by atoms with Crippen molar-refractivity contribution in [2.45, 2.75) is 0 Å². The maximum Gasteiger partial charge on any atom is 0.254 e. The van der Waals surface area contributed by atoms with E-state index in [4.69, 9.17) is 0 Å². The van der Waals surface area contributed by atoms with Crippen LogP contribution < -0.4 is 5.43 Å². The molecule has 0 spiro atoms. The minimum absolute atomic E-state index is 0.272. The number of benzene rings is 2. The Morgan fingerprint density at radius 2 is 1.60 bits per heavy atom. The highest BCUT2D eigenvalue weighted by Crippen LogP contribution is 2.06. The highest BCUT2D eigenvalue weighted by atomic mass is 31.0. The molecule has 0 bridgehead atoms. The van der Waals surface area contributed by atoms with Gasteiger partial charge in [-0.3, -0.25) is 4.79 Å². The van der Waals surface area contributed by atoms with E-state index in [9.17, 15) is 4.79 Å². The summed E-state index contributed by atoms with van der Waals surface area (Å²) in [5.74, 6) is 0. The minimum Gasteiger partial charge on any atom is -0.269 e. The van der Waals surface area contributed by atoms with Crippen LogP contribution in [-0.2, 0) is 0 Å². The summed E-state index contributed by atoms with van der Waals surface area (Å²) < 4.78 is 0. The lowest BCUT2D eigenvalue weighted by Crippen LogP contribution is -2.11. The molecule has 0 fully saturated rings. The molecule has 20 heavy (non-hydrogen) atoms. The lowest BCUT2D eigenvalue weighted by molar-refractivity contribution is 0.261. The first-order chi connectivity index (χ1) is 9.75. The number of hydrogen-bond donors (Lipinski definition) is 1. The SMILES string of the molecule is O=C(P)N/N=C(/C=C/c1ccccc1)c1ccccc1. The van der Waals surface area contributed by atoms with Gasteiger partial charge in [-0.2, -0.15) is 5.10 Å². The van der Waals surface area contributed by atoms with Gasteiger partial charge in [0.25, 0.3) is 5.65 Å². The number of hydrogen-bond acceptors (Lipinski definition) is 2. The van der Waals surface area contributed by atoms with E-state index in [2.05, 4.69) is 10.5 Å². The smallest absolute Gasteiger partial charge is 0.254 e. The molecule has 2 rings (SSSR count). The van der Waals surface area contributed by atoms with Gasteiger partial charge in [0.2, 0.25) is 0 Å². The zero-order valence-electron chi connectivity index (χ0n) is 10.9. The predicted octanol–water partition coefficient (Wildman–Crippen LogP) is 3.69. The average Bonchev–Trinajstić information content (AvgIpc) is 2.49. The molecule has 4 heteroatoms. The first kappa shape index (κ1) is 14.2. The summed E-state index contributed by atoms with van der Waals surface area (Å²) in [6, 6.07) is 19.6. The number of carbonyl (C=O) groups excluding carboxylic acids is 1. The Kier molecular flexibility index (Phi) is 5.22. The fourth-order valence-electron chi connectivity index (χ4n) is 1.66. The molecule has 0 saturated heterocycles. The normalized spacial score (nSPS) is 11.6. The topological polar surface area (TPSA) is 41.5 Å². The van der Waals surface area contributed by atoms with Gasteiger partial charge >= 0.3 is 0 Å². The van der Waals surface area contributed by atoms with E-state index in [1.165, 1.54) is 0 Å². The van der Waals surface area contributed by atoms with Crippen LogP contribution in [0.3, 0.4) is 0 Å². The van der Waals surface area contributed by atoms with Crippen LogP contribution in [-0.4, -0.2) is 11.4 Å². The second-order valence-electron chi connectivity index (χ2n) is 4.08. The predicted molar refractivity (Wildman–Crippen MR) is 86.7 cm³/mol. The number of hydrazone groups is 1. The summed E-state index contributed by atoms with van der Waals surface area (Å²) >= 11 is 0. The molecule has 3 nitrogen and oxygen atoms in total. The second kappa shape index (κ2) is 7.37. The monoisotopic (exact) mass is 282 g/mol. The maximum absolute atomic E-state index is 11.0. The molecule has 0 radical (unpaired) electrons. The van der Waals surface area contributed by atoms with Crippen LogP contribution in [0, 0.1) is 0 Å². The van der Waals surface area contributed by atoms with Gasteiger partial charge < -0.3 is 0 Å². The quantitative estimate of drug-likeness (QED) is 0.518. The lowest BCUT2D eigenvalue weighted by Gasteiger charge is -2.02. The van der Waals surface area contributed by atoms with Gasteiger partial charge in [-0.25, -0.2) is 5.43 Å². The highest BCUT2D eigenvalue weighted by molar-refractivity contribution is 7.39. The van der Waals surface area contributed by atoms with Crippen molar-refractivity contribution in [3.05, 3.63) is 77.9 Å². The van der Waals surface area contributed by atoms with Crippen molar-refractivity contribution >= 4 is 26.7 Å². The van der Waals surface area contributed by atoms with Gasteiger partial charge in [-0.15, -0.1) is 0 Å². The summed E-state index contributed by atoms with van der Waals surface area (Å²) in [7, 11) is 2.04. The molecule has 0 heterocycles. The average molecular weight is 282 g/mol. The van der Waals surface area contributed by atoms with Crippen LogP contribution in [0.5, 0.6) is 0 Å². The Balaban J connectivity index is 2.26. The fourth-order valence-corrected chi connectivity index (χ4v) is 1.73. The largest absolute Gasteiger partial charge is 0.269 e. The summed E-state index contributed by atoms with van der Waals surface area (Å²) in [5.41, 5.74) is 4.89. The molecule has 0 aliphatic heterocycles. The fraction of sp³-hybridized carbons (Fsp3) is 0. The third kappa shape index (κ3) is 4.45. The number of carbonyl (C=O) groups is 1. The minimum atomic E-state index is -0.272. The molecule has 0 saturated carbocycles. The Bertz CT molecular complexity index is 621. The van der Waals surface area contributed by atoms with Gasteiger partial charge in [0.15, 0.2) is 0 Å². The van der Waals surface area contributed by atoms with Crippen molar-refractivity contribution < 1.29 is 4.79 Å². The van der Waals surface area contributed by atoms with Crippen molar-refractivity contribution in [1.82, 2.24) is 5.43 Å². The molecule has 2 aromatic carbocycles. The Morgan fingerprint density at radius 1 is 1.00 bits per heavy atom. The van der Waals surface area contributed by atoms with Crippen molar-refractivity contribution in [3.63, 3.8) is 0 Å². The Labute approximate surface area is 120 Å². The zero-order valence-corrected chi connectivity index (χ0v) is 12.0. The van der Waals surface area contributed by atoms with E-state index in [0.29, 0.717) is 5.71 Å². The molecule has 1 atom stereocenters. The number of allylic oxidation sites excluding steroid dienone is 1. The van der Waals surface area contributed by atoms with Crippen molar-refractivity contribution in [1.29, 1.82) is 0 Å². The third-order valence-electron chi connectivity index (χ3n) is 2.59. The molecule has 100 valence electrons. The van der Waals surface area contributed by atoms with Crippen molar-refractivity contribution in [3.8, 4) is 0 Å². The summed E-state index contributed by atoms with van der Waals surface area (Å²) in [4.78, 5) is 11.0. The third-order valence-corrected chi connectivity index (χ3v) is 2.72. The van der Waals surface area contributed by atoms with Gasteiger partial charge in [0.05, 0.1) is 5.71 Å². The summed E-state index contributed by atoms with van der Waals surface area (Å²) in [5, 5.41) is 4.12. The van der Waals surface area contributed by atoms with Crippen LogP contribution >= 0.6 is 9.24 Å². The van der Waals surface area contributed by atoms with Gasteiger partial charge in [0, 0.05) is 5.56 Å². The van der Waals surface area contributed by atoms with Gasteiger partial charge in [0.1, 0.15) is 0 Å². The van der Waals surface area contributed by atoms with Crippen LogP contribution in [0.25, 0.3) is 6.08 Å². The lowest BCUT2D eigenvalue weighted by atomic mass is 10.1. The number of amides is 1. The molecule has 1 N–H and O–H groups in total. The number of nitrogens with one attached hydrogen (secondary N) is 1. The highest BCUT2D eigenvalue weighted by Gasteiger charge is 1.99. The molecule has 0 aliphatic carbocycles. The van der Waals surface area contributed by atoms with Crippen LogP contribution in [0.1, 0.15) is 11.1 Å². The van der Waals surface area contributed by atoms with Crippen LogP contribution in [0.15, 0.2) is 71.8 Å². The zero-order chi connectivity index (χ0) is 14.2. The first-order valence-electron chi connectivity index (χ1n) is 6.17. The Morgan fingerprint density at radius 3 is 2.20 bits per heavy atom. The van der Waals surface area contributed by atoms with Crippen molar-refractivity contribution in [2.24, 2.45) is 5.10 Å². The molecular formula is C16H15N2OP. The second-order valence-corrected chi connectivity index (χ2v) is 4.61. The number of rotatable bonds is 4. The maximum atomic E-state index is 11.0. The molecule has 1 amide bonds.